The van der Waals surface area contributed by atoms with Crippen LogP contribution in [0.4, 0.5) is 5.69 Å². The van der Waals surface area contributed by atoms with E-state index < -0.39 is 29.4 Å². The molecule has 6 rings (SSSR count). The van der Waals surface area contributed by atoms with Gasteiger partial charge < -0.3 is 25.8 Å². The summed E-state index contributed by atoms with van der Waals surface area (Å²) in [5, 5.41) is 22.3. The van der Waals surface area contributed by atoms with Crippen molar-refractivity contribution >= 4 is 35.2 Å². The number of aliphatic hydroxyl groups is 1. The van der Waals surface area contributed by atoms with E-state index in [1.807, 2.05) is 78.9 Å². The van der Waals surface area contributed by atoms with Gasteiger partial charge in [-0.3, -0.25) is 34.2 Å². The molecule has 12 heteroatoms. The molecule has 0 saturated heterocycles. The second-order valence-corrected chi connectivity index (χ2v) is 15.8. The molecule has 0 bridgehead atoms. The Kier molecular flexibility index (Phi) is 17.1. The number of nitrogens with zero attached hydrogens (tertiary/aromatic N) is 1. The Morgan fingerprint density at radius 3 is 1.81 bits per heavy atom. The number of aliphatic hydroxyl groups excluding tert-OH is 1. The molecule has 0 saturated carbocycles. The summed E-state index contributed by atoms with van der Waals surface area (Å²) in [6.07, 6.45) is 6.04. The lowest BCUT2D eigenvalue weighted by molar-refractivity contribution is -0.137. The van der Waals surface area contributed by atoms with Crippen LogP contribution < -0.4 is 26.0 Å². The number of imide groups is 1. The van der Waals surface area contributed by atoms with Crippen molar-refractivity contribution in [1.82, 2.24) is 20.9 Å². The first-order valence-electron chi connectivity index (χ1n) is 21.9. The molecule has 5 aromatic carbocycles. The molecule has 0 aromatic heterocycles. The largest absolute Gasteiger partial charge is 0.497 e. The van der Waals surface area contributed by atoms with Gasteiger partial charge in [-0.25, -0.2) is 0 Å². The van der Waals surface area contributed by atoms with E-state index in [1.165, 1.54) is 17.1 Å². The molecule has 1 aliphatic heterocycles. The summed E-state index contributed by atoms with van der Waals surface area (Å²) < 4.78 is 5.50. The molecule has 332 valence electrons. The van der Waals surface area contributed by atoms with Gasteiger partial charge >= 0.3 is 0 Å². The quantitative estimate of drug-likeness (QED) is 0.0264. The van der Waals surface area contributed by atoms with Crippen LogP contribution in [0.1, 0.15) is 72.8 Å². The molecule has 5 amide bonds. The standard InChI is InChI=1S/C52H57N5O7/c1-64-44-30-26-42(27-31-44)52(40-18-8-3-9-19-40,41-20-10-4-11-21-41)53-34-14-13-22-45(50(62)54-43-28-24-39(37-58)25-29-43)56-51(63)46(36-38-16-6-2-7-17-38)55-47(59)23-12-5-15-35-57-48(60)32-33-49(57)61/h2-4,6-11,16-21,24-33,45-46,53,58H,5,12-15,22-23,34-37H2,1H3,(H,54,62)(H,55,59)(H,56,63)/t45-,46-/m0/s1. The molecule has 0 spiro atoms. The Morgan fingerprint density at radius 1 is 0.625 bits per heavy atom. The molecular formula is C52H57N5O7. The molecule has 5 aromatic rings. The van der Waals surface area contributed by atoms with Crippen molar-refractivity contribution in [1.29, 1.82) is 0 Å². The van der Waals surface area contributed by atoms with Gasteiger partial charge in [0.2, 0.25) is 17.7 Å². The van der Waals surface area contributed by atoms with E-state index in [2.05, 4.69) is 57.7 Å². The summed E-state index contributed by atoms with van der Waals surface area (Å²) in [7, 11) is 1.65. The molecule has 0 unspecified atom stereocenters. The number of unbranched alkanes of at least 4 members (excludes halogenated alkanes) is 3. The Hall–Kier alpha value is -6.89. The third kappa shape index (κ3) is 12.6. The molecule has 1 aliphatic rings. The smallest absolute Gasteiger partial charge is 0.253 e. The fourth-order valence-corrected chi connectivity index (χ4v) is 7.95. The predicted molar refractivity (Wildman–Crippen MR) is 247 cm³/mol. The van der Waals surface area contributed by atoms with Crippen molar-refractivity contribution in [3.63, 3.8) is 0 Å². The predicted octanol–water partition coefficient (Wildman–Crippen LogP) is 6.58. The lowest BCUT2D eigenvalue weighted by Gasteiger charge is -2.37. The number of amides is 5. The zero-order chi connectivity index (χ0) is 45.2. The first-order chi connectivity index (χ1) is 31.2. The molecule has 0 aliphatic carbocycles. The average Bonchev–Trinajstić information content (AvgIpc) is 3.65. The van der Waals surface area contributed by atoms with E-state index in [0.29, 0.717) is 56.3 Å². The van der Waals surface area contributed by atoms with Gasteiger partial charge in [-0.05, 0) is 90.7 Å². The summed E-state index contributed by atoms with van der Waals surface area (Å²) in [4.78, 5) is 66.5. The third-order valence-electron chi connectivity index (χ3n) is 11.4. The zero-order valence-corrected chi connectivity index (χ0v) is 36.2. The number of anilines is 1. The van der Waals surface area contributed by atoms with E-state index in [-0.39, 0.29) is 43.7 Å². The minimum absolute atomic E-state index is 0.137. The van der Waals surface area contributed by atoms with Crippen LogP contribution in [-0.2, 0) is 42.5 Å². The van der Waals surface area contributed by atoms with E-state index in [9.17, 15) is 29.1 Å². The summed E-state index contributed by atoms with van der Waals surface area (Å²) in [5.74, 6) is -1.14. The molecular weight excluding hydrogens is 807 g/mol. The maximum atomic E-state index is 14.2. The highest BCUT2D eigenvalue weighted by atomic mass is 16.5. The molecule has 0 fully saturated rings. The molecule has 5 N–H and O–H groups in total. The van der Waals surface area contributed by atoms with Crippen LogP contribution >= 0.6 is 0 Å². The average molecular weight is 864 g/mol. The number of ether oxygens (including phenoxy) is 1. The van der Waals surface area contributed by atoms with Crippen LogP contribution in [0.3, 0.4) is 0 Å². The number of nitrogens with one attached hydrogen (secondary N) is 4. The summed E-state index contributed by atoms with van der Waals surface area (Å²) in [6, 6.07) is 42.9. The number of carbonyl (C=O) groups is 5. The summed E-state index contributed by atoms with van der Waals surface area (Å²) in [5.41, 5.74) is 4.48. The van der Waals surface area contributed by atoms with Crippen LogP contribution in [-0.4, -0.2) is 71.8 Å². The van der Waals surface area contributed by atoms with Crippen LogP contribution in [0.2, 0.25) is 0 Å². The van der Waals surface area contributed by atoms with Crippen molar-refractivity contribution in [3.8, 4) is 5.75 Å². The molecule has 12 nitrogen and oxygen atoms in total. The SMILES string of the molecule is COc1ccc(C(NCCCC[C@H](NC(=O)[C@H](Cc2ccccc2)NC(=O)CCCCCN2C(=O)C=CC2=O)C(=O)Nc2ccc(CO)cc2)(c2ccccc2)c2ccccc2)cc1. The second-order valence-electron chi connectivity index (χ2n) is 15.8. The highest BCUT2D eigenvalue weighted by Gasteiger charge is 2.36. The van der Waals surface area contributed by atoms with Crippen LogP contribution in [0, 0.1) is 0 Å². The van der Waals surface area contributed by atoms with Crippen LogP contribution in [0.15, 0.2) is 152 Å². The Morgan fingerprint density at radius 2 is 1.22 bits per heavy atom. The maximum absolute atomic E-state index is 14.2. The van der Waals surface area contributed by atoms with Gasteiger partial charge in [-0.1, -0.05) is 122 Å². The monoisotopic (exact) mass is 863 g/mol. The Balaban J connectivity index is 1.15. The number of methoxy groups -OCH3 is 1. The highest BCUT2D eigenvalue weighted by Crippen LogP contribution is 2.37. The minimum atomic E-state index is -0.969. The maximum Gasteiger partial charge on any atom is 0.253 e. The third-order valence-corrected chi connectivity index (χ3v) is 11.4. The number of benzene rings is 5. The molecule has 1 heterocycles. The number of hydrogen-bond acceptors (Lipinski definition) is 8. The van der Waals surface area contributed by atoms with Crippen LogP contribution in [0.25, 0.3) is 0 Å². The number of hydrogen-bond donors (Lipinski definition) is 5. The van der Waals surface area contributed by atoms with Gasteiger partial charge in [0.25, 0.3) is 11.8 Å². The topological polar surface area (TPSA) is 166 Å². The van der Waals surface area contributed by atoms with Gasteiger partial charge in [0.1, 0.15) is 17.8 Å². The van der Waals surface area contributed by atoms with Crippen molar-refractivity contribution in [2.24, 2.45) is 0 Å². The van der Waals surface area contributed by atoms with Gasteiger partial charge in [0, 0.05) is 37.2 Å². The highest BCUT2D eigenvalue weighted by molar-refractivity contribution is 6.12. The van der Waals surface area contributed by atoms with Crippen molar-refractivity contribution in [3.05, 3.63) is 179 Å². The lowest BCUT2D eigenvalue weighted by atomic mass is 9.77. The van der Waals surface area contributed by atoms with Gasteiger partial charge in [-0.15, -0.1) is 0 Å². The minimum Gasteiger partial charge on any atom is -0.497 e. The summed E-state index contributed by atoms with van der Waals surface area (Å²) >= 11 is 0. The first-order valence-corrected chi connectivity index (χ1v) is 21.9. The van der Waals surface area contributed by atoms with Crippen molar-refractivity contribution < 1.29 is 33.8 Å². The van der Waals surface area contributed by atoms with Gasteiger partial charge in [0.05, 0.1) is 19.3 Å². The van der Waals surface area contributed by atoms with Crippen LogP contribution in [0.5, 0.6) is 5.75 Å². The lowest BCUT2D eigenvalue weighted by Crippen LogP contribution is -2.53. The first kappa shape index (κ1) is 46.6. The molecule has 2 atom stereocenters. The van der Waals surface area contributed by atoms with E-state index in [0.717, 1.165) is 28.0 Å². The van der Waals surface area contributed by atoms with E-state index in [1.54, 1.807) is 31.4 Å². The van der Waals surface area contributed by atoms with E-state index >= 15 is 0 Å². The zero-order valence-electron chi connectivity index (χ0n) is 36.2. The number of carbonyl (C=O) groups excluding carboxylic acids is 5. The molecule has 64 heavy (non-hydrogen) atoms. The van der Waals surface area contributed by atoms with E-state index in [4.69, 9.17) is 4.74 Å². The van der Waals surface area contributed by atoms with Crippen molar-refractivity contribution in [2.45, 2.75) is 75.6 Å². The second kappa shape index (κ2) is 23.5. The Bertz CT molecular complexity index is 2260. The normalized spacial score (nSPS) is 13.3. The number of rotatable bonds is 24. The van der Waals surface area contributed by atoms with Crippen molar-refractivity contribution in [2.75, 3.05) is 25.5 Å². The fourth-order valence-electron chi connectivity index (χ4n) is 7.95. The van der Waals surface area contributed by atoms with Gasteiger partial charge in [-0.2, -0.15) is 0 Å². The fraction of sp³-hybridized carbons (Fsp3) is 0.288. The Labute approximate surface area is 375 Å². The van der Waals surface area contributed by atoms with Gasteiger partial charge in [0.15, 0.2) is 0 Å². The summed E-state index contributed by atoms with van der Waals surface area (Å²) in [6.45, 7) is 0.705. The molecule has 0 radical (unpaired) electrons.